The van der Waals surface area contributed by atoms with Crippen molar-refractivity contribution in [1.82, 2.24) is 10.2 Å². The van der Waals surface area contributed by atoms with Gasteiger partial charge >= 0.3 is 0 Å². The van der Waals surface area contributed by atoms with E-state index in [1.165, 1.54) is 30.5 Å². The summed E-state index contributed by atoms with van der Waals surface area (Å²) < 4.78 is 0. The molecule has 4 heteroatoms. The maximum atomic E-state index is 12.4. The number of anilines is 1. The van der Waals surface area contributed by atoms with Crippen molar-refractivity contribution in [2.75, 3.05) is 37.6 Å². The number of benzene rings is 1. The molecule has 0 radical (unpaired) electrons. The molecule has 0 bridgehead atoms. The van der Waals surface area contributed by atoms with Gasteiger partial charge in [-0.05, 0) is 43.4 Å². The first-order valence-electron chi connectivity index (χ1n) is 9.45. The van der Waals surface area contributed by atoms with Crippen LogP contribution in [0.25, 0.3) is 0 Å². The molecule has 24 heavy (non-hydrogen) atoms. The van der Waals surface area contributed by atoms with E-state index in [1.54, 1.807) is 0 Å². The summed E-state index contributed by atoms with van der Waals surface area (Å²) in [4.78, 5) is 17.1. The Kier molecular flexibility index (Phi) is 5.77. The first kappa shape index (κ1) is 17.3. The molecule has 132 valence electrons. The predicted molar refractivity (Wildman–Crippen MR) is 99.4 cm³/mol. The number of nitrogens with zero attached hydrogens (tertiary/aromatic N) is 2. The zero-order valence-corrected chi connectivity index (χ0v) is 15.1. The highest BCUT2D eigenvalue weighted by atomic mass is 16.2. The molecule has 2 aliphatic rings. The lowest BCUT2D eigenvalue weighted by molar-refractivity contribution is -0.123. The van der Waals surface area contributed by atoms with Gasteiger partial charge in [0.15, 0.2) is 0 Å². The molecule has 2 fully saturated rings. The van der Waals surface area contributed by atoms with Crippen molar-refractivity contribution in [2.24, 2.45) is 5.92 Å². The molecule has 1 amide bonds. The maximum absolute atomic E-state index is 12.4. The monoisotopic (exact) mass is 329 g/mol. The van der Waals surface area contributed by atoms with Crippen LogP contribution in [-0.4, -0.2) is 49.6 Å². The molecule has 1 saturated heterocycles. The first-order valence-corrected chi connectivity index (χ1v) is 9.45. The van der Waals surface area contributed by atoms with Crippen molar-refractivity contribution in [1.29, 1.82) is 0 Å². The van der Waals surface area contributed by atoms with Crippen molar-refractivity contribution < 1.29 is 4.79 Å². The van der Waals surface area contributed by atoms with E-state index in [0.29, 0.717) is 18.5 Å². The number of carbonyl (C=O) groups is 1. The fourth-order valence-corrected chi connectivity index (χ4v) is 3.98. The minimum Gasteiger partial charge on any atom is -0.369 e. The van der Waals surface area contributed by atoms with E-state index in [4.69, 9.17) is 0 Å². The molecule has 3 rings (SSSR count). The largest absolute Gasteiger partial charge is 0.369 e. The molecule has 2 atom stereocenters. The highest BCUT2D eigenvalue weighted by Gasteiger charge is 2.24. The van der Waals surface area contributed by atoms with Crippen LogP contribution in [-0.2, 0) is 4.79 Å². The Morgan fingerprint density at radius 2 is 1.92 bits per heavy atom. The van der Waals surface area contributed by atoms with Gasteiger partial charge in [-0.2, -0.15) is 0 Å². The van der Waals surface area contributed by atoms with Crippen LogP contribution in [0.5, 0.6) is 0 Å². The van der Waals surface area contributed by atoms with E-state index in [0.717, 1.165) is 32.6 Å². The average molecular weight is 329 g/mol. The summed E-state index contributed by atoms with van der Waals surface area (Å²) in [6.07, 6.45) is 4.97. The van der Waals surface area contributed by atoms with Gasteiger partial charge in [0.2, 0.25) is 5.91 Å². The summed E-state index contributed by atoms with van der Waals surface area (Å²) in [7, 11) is 0. The summed E-state index contributed by atoms with van der Waals surface area (Å²) in [6.45, 7) is 8.86. The van der Waals surface area contributed by atoms with Crippen LogP contribution in [0.3, 0.4) is 0 Å². The summed E-state index contributed by atoms with van der Waals surface area (Å²) in [6, 6.07) is 9.07. The van der Waals surface area contributed by atoms with E-state index < -0.39 is 0 Å². The Morgan fingerprint density at radius 1 is 1.17 bits per heavy atom. The number of amides is 1. The number of hydrogen-bond acceptors (Lipinski definition) is 3. The number of hydrogen-bond donors (Lipinski definition) is 1. The Labute approximate surface area is 146 Å². The number of rotatable bonds is 4. The minimum atomic E-state index is 0.206. The second kappa shape index (κ2) is 8.02. The third kappa shape index (κ3) is 4.50. The molecule has 1 aliphatic carbocycles. The predicted octanol–water partition coefficient (Wildman–Crippen LogP) is 2.81. The SMILES string of the molecule is Cc1cccc(N2CCN(CC(=O)NC3CCCCC3C)CC2)c1. The van der Waals surface area contributed by atoms with E-state index in [9.17, 15) is 4.79 Å². The zero-order valence-electron chi connectivity index (χ0n) is 15.1. The zero-order chi connectivity index (χ0) is 16.9. The number of carbonyl (C=O) groups excluding carboxylic acids is 1. The lowest BCUT2D eigenvalue weighted by Crippen LogP contribution is -2.51. The normalized spacial score (nSPS) is 25.5. The van der Waals surface area contributed by atoms with Gasteiger partial charge < -0.3 is 10.2 Å². The quantitative estimate of drug-likeness (QED) is 0.923. The molecule has 1 aromatic carbocycles. The van der Waals surface area contributed by atoms with Crippen LogP contribution >= 0.6 is 0 Å². The Hall–Kier alpha value is -1.55. The molecular formula is C20H31N3O. The summed E-state index contributed by atoms with van der Waals surface area (Å²) in [5, 5.41) is 3.27. The topological polar surface area (TPSA) is 35.6 Å². The van der Waals surface area contributed by atoms with Crippen molar-refractivity contribution in [2.45, 2.75) is 45.6 Å². The lowest BCUT2D eigenvalue weighted by Gasteiger charge is -2.36. The van der Waals surface area contributed by atoms with Crippen LogP contribution in [0.15, 0.2) is 24.3 Å². The number of piperazine rings is 1. The van der Waals surface area contributed by atoms with Gasteiger partial charge in [-0.25, -0.2) is 0 Å². The maximum Gasteiger partial charge on any atom is 0.234 e. The molecule has 1 aromatic rings. The third-order valence-electron chi connectivity index (χ3n) is 5.56. The molecule has 0 spiro atoms. The molecule has 1 aliphatic heterocycles. The molecule has 2 unspecified atom stereocenters. The Balaban J connectivity index is 1.44. The summed E-state index contributed by atoms with van der Waals surface area (Å²) >= 11 is 0. The van der Waals surface area contributed by atoms with Crippen LogP contribution in [0.1, 0.15) is 38.2 Å². The number of nitrogens with one attached hydrogen (secondary N) is 1. The highest BCUT2D eigenvalue weighted by Crippen LogP contribution is 2.23. The van der Waals surface area contributed by atoms with Crippen molar-refractivity contribution in [3.05, 3.63) is 29.8 Å². The van der Waals surface area contributed by atoms with Crippen molar-refractivity contribution >= 4 is 11.6 Å². The fourth-order valence-electron chi connectivity index (χ4n) is 3.98. The van der Waals surface area contributed by atoms with Crippen LogP contribution in [0.4, 0.5) is 5.69 Å². The van der Waals surface area contributed by atoms with E-state index >= 15 is 0 Å². The van der Waals surface area contributed by atoms with E-state index in [-0.39, 0.29) is 5.91 Å². The van der Waals surface area contributed by atoms with Gasteiger partial charge in [0, 0.05) is 37.9 Å². The molecule has 1 N–H and O–H groups in total. The lowest BCUT2D eigenvalue weighted by atomic mass is 9.86. The smallest absolute Gasteiger partial charge is 0.234 e. The van der Waals surface area contributed by atoms with E-state index in [1.807, 2.05) is 0 Å². The standard InChI is InChI=1S/C20H31N3O/c1-16-6-5-8-18(14-16)23-12-10-22(11-13-23)15-20(24)21-19-9-4-3-7-17(19)2/h5-6,8,14,17,19H,3-4,7,9-13,15H2,1-2H3,(H,21,24). The average Bonchev–Trinajstić information content (AvgIpc) is 2.58. The molecule has 0 aromatic heterocycles. The fraction of sp³-hybridized carbons (Fsp3) is 0.650. The van der Waals surface area contributed by atoms with Gasteiger partial charge in [0.25, 0.3) is 0 Å². The summed E-state index contributed by atoms with van der Waals surface area (Å²) in [5.41, 5.74) is 2.60. The summed E-state index contributed by atoms with van der Waals surface area (Å²) in [5.74, 6) is 0.832. The van der Waals surface area contributed by atoms with Crippen LogP contribution in [0, 0.1) is 12.8 Å². The second-order valence-electron chi connectivity index (χ2n) is 7.54. The highest BCUT2D eigenvalue weighted by molar-refractivity contribution is 5.78. The van der Waals surface area contributed by atoms with Crippen molar-refractivity contribution in [3.8, 4) is 0 Å². The second-order valence-corrected chi connectivity index (χ2v) is 7.54. The van der Waals surface area contributed by atoms with Gasteiger partial charge in [0.05, 0.1) is 6.54 Å². The van der Waals surface area contributed by atoms with Gasteiger partial charge in [0.1, 0.15) is 0 Å². The first-order chi connectivity index (χ1) is 11.6. The van der Waals surface area contributed by atoms with Crippen LogP contribution in [0.2, 0.25) is 0 Å². The Morgan fingerprint density at radius 3 is 2.62 bits per heavy atom. The van der Waals surface area contributed by atoms with E-state index in [2.05, 4.69) is 53.2 Å². The minimum absolute atomic E-state index is 0.206. The van der Waals surface area contributed by atoms with Gasteiger partial charge in [-0.15, -0.1) is 0 Å². The molecule has 1 saturated carbocycles. The Bertz CT molecular complexity index is 552. The molecular weight excluding hydrogens is 298 g/mol. The van der Waals surface area contributed by atoms with Crippen molar-refractivity contribution in [3.63, 3.8) is 0 Å². The third-order valence-corrected chi connectivity index (χ3v) is 5.56. The van der Waals surface area contributed by atoms with Gasteiger partial charge in [-0.3, -0.25) is 9.69 Å². The van der Waals surface area contributed by atoms with Crippen LogP contribution < -0.4 is 10.2 Å². The molecule has 4 nitrogen and oxygen atoms in total. The number of aryl methyl sites for hydroxylation is 1. The van der Waals surface area contributed by atoms with Gasteiger partial charge in [-0.1, -0.05) is 31.9 Å². The molecule has 1 heterocycles.